The fraction of sp³-hybridized carbons (Fsp3) is 0.400. The van der Waals surface area contributed by atoms with Gasteiger partial charge in [0.25, 0.3) is 0 Å². The van der Waals surface area contributed by atoms with E-state index in [1.165, 1.54) is 0 Å². The van der Waals surface area contributed by atoms with Gasteiger partial charge in [-0.25, -0.2) is 0 Å². The molecule has 4 nitrogen and oxygen atoms in total. The smallest absolute Gasteiger partial charge is 0.186 e. The molecule has 3 rings (SSSR count). The average Bonchev–Trinajstić information content (AvgIpc) is 3.03. The van der Waals surface area contributed by atoms with Gasteiger partial charge in [-0.15, -0.1) is 0 Å². The van der Waals surface area contributed by atoms with E-state index in [1.807, 2.05) is 48.5 Å². The molecule has 1 aliphatic heterocycles. The van der Waals surface area contributed by atoms with Crippen molar-refractivity contribution in [2.75, 3.05) is 11.5 Å². The summed E-state index contributed by atoms with van der Waals surface area (Å²) in [5.41, 5.74) is 2.26. The first-order chi connectivity index (χ1) is 12.3. The highest BCUT2D eigenvalue weighted by atomic mass is 127. The van der Waals surface area contributed by atoms with Crippen LogP contribution in [0.1, 0.15) is 11.1 Å². The van der Waals surface area contributed by atoms with Gasteiger partial charge in [-0.3, -0.25) is 0 Å². The molecule has 0 radical (unpaired) electrons. The Morgan fingerprint density at radius 3 is 1.84 bits per heavy atom. The Labute approximate surface area is 162 Å². The van der Waals surface area contributed by atoms with Crippen LogP contribution < -0.4 is 0 Å². The molecular formula is C20H23IO4. The average molecular weight is 454 g/mol. The molecule has 2 aromatic rings. The fourth-order valence-electron chi connectivity index (χ4n) is 2.92. The lowest BCUT2D eigenvalue weighted by atomic mass is 10.1. The van der Waals surface area contributed by atoms with Gasteiger partial charge in [0.1, 0.15) is 12.2 Å². The Morgan fingerprint density at radius 2 is 1.36 bits per heavy atom. The molecule has 134 valence electrons. The first kappa shape index (κ1) is 18.8. The van der Waals surface area contributed by atoms with Crippen molar-refractivity contribution in [2.45, 2.75) is 37.8 Å². The third-order valence-corrected chi connectivity index (χ3v) is 5.09. The van der Waals surface area contributed by atoms with Gasteiger partial charge in [-0.05, 0) is 11.1 Å². The lowest BCUT2D eigenvalue weighted by Gasteiger charge is -2.24. The van der Waals surface area contributed by atoms with Gasteiger partial charge in [0, 0.05) is 11.5 Å². The van der Waals surface area contributed by atoms with Crippen LogP contribution in [-0.2, 0) is 32.2 Å². The molecule has 1 heterocycles. The number of benzene rings is 2. The van der Waals surface area contributed by atoms with Crippen LogP contribution in [0.3, 0.4) is 0 Å². The van der Waals surface area contributed by atoms with Crippen molar-refractivity contribution in [3.8, 4) is 0 Å². The van der Waals surface area contributed by atoms with E-state index in [2.05, 4.69) is 34.7 Å². The van der Waals surface area contributed by atoms with Gasteiger partial charge in [0.15, 0.2) is 6.29 Å². The number of alkyl halides is 1. The molecule has 1 fully saturated rings. The van der Waals surface area contributed by atoms with Crippen molar-refractivity contribution < 1.29 is 18.9 Å². The normalized spacial score (nSPS) is 26.0. The van der Waals surface area contributed by atoms with Crippen LogP contribution in [0.2, 0.25) is 0 Å². The zero-order valence-electron chi connectivity index (χ0n) is 14.2. The van der Waals surface area contributed by atoms with E-state index in [1.54, 1.807) is 7.11 Å². The number of rotatable bonds is 8. The monoisotopic (exact) mass is 454 g/mol. The molecule has 0 amide bonds. The highest BCUT2D eigenvalue weighted by molar-refractivity contribution is 14.1. The van der Waals surface area contributed by atoms with Crippen molar-refractivity contribution in [1.29, 1.82) is 0 Å². The lowest BCUT2D eigenvalue weighted by Crippen LogP contribution is -2.38. The molecule has 0 aromatic heterocycles. The topological polar surface area (TPSA) is 36.9 Å². The van der Waals surface area contributed by atoms with Gasteiger partial charge < -0.3 is 18.9 Å². The van der Waals surface area contributed by atoms with E-state index in [4.69, 9.17) is 18.9 Å². The first-order valence-electron chi connectivity index (χ1n) is 8.37. The van der Waals surface area contributed by atoms with E-state index >= 15 is 0 Å². The van der Waals surface area contributed by atoms with Crippen molar-refractivity contribution in [3.63, 3.8) is 0 Å². The van der Waals surface area contributed by atoms with E-state index in [0.717, 1.165) is 15.6 Å². The largest absolute Gasteiger partial charge is 0.368 e. The minimum absolute atomic E-state index is 0.0463. The standard InChI is InChI=1S/C20H23IO4/c1-22-20-19(24-14-16-10-6-3-7-11-16)18(17(12-21)25-20)23-13-15-8-4-2-5-9-15/h2-11,17-20H,12-14H2,1H3. The summed E-state index contributed by atoms with van der Waals surface area (Å²) in [4.78, 5) is 0. The second-order valence-corrected chi connectivity index (χ2v) is 6.84. The van der Waals surface area contributed by atoms with Crippen LogP contribution in [0.15, 0.2) is 60.7 Å². The summed E-state index contributed by atoms with van der Waals surface area (Å²) in [6, 6.07) is 20.3. The molecule has 0 saturated carbocycles. The summed E-state index contributed by atoms with van der Waals surface area (Å²) in [5, 5.41) is 0. The van der Waals surface area contributed by atoms with E-state index < -0.39 is 6.29 Å². The number of methoxy groups -OCH3 is 1. The Bertz CT molecular complexity index is 567. The SMILES string of the molecule is COC1OC(CI)C(OCc2ccccc2)C1OCc1ccccc1. The number of hydrogen-bond donors (Lipinski definition) is 0. The molecule has 25 heavy (non-hydrogen) atoms. The predicted molar refractivity (Wildman–Crippen MR) is 105 cm³/mol. The molecule has 0 spiro atoms. The summed E-state index contributed by atoms with van der Waals surface area (Å²) < 4.78 is 24.6. The predicted octanol–water partition coefficient (Wildman–Crippen LogP) is 3.96. The fourth-order valence-corrected chi connectivity index (χ4v) is 3.63. The van der Waals surface area contributed by atoms with E-state index in [-0.39, 0.29) is 18.3 Å². The van der Waals surface area contributed by atoms with E-state index in [9.17, 15) is 0 Å². The number of halogens is 1. The van der Waals surface area contributed by atoms with Crippen LogP contribution in [0.5, 0.6) is 0 Å². The molecule has 1 aliphatic rings. The van der Waals surface area contributed by atoms with E-state index in [0.29, 0.717) is 13.2 Å². The molecule has 4 atom stereocenters. The molecular weight excluding hydrogens is 431 g/mol. The second kappa shape index (κ2) is 9.64. The first-order valence-corrected chi connectivity index (χ1v) is 9.89. The van der Waals surface area contributed by atoms with Crippen LogP contribution in [-0.4, -0.2) is 36.1 Å². The Kier molecular flexibility index (Phi) is 7.24. The molecule has 0 bridgehead atoms. The van der Waals surface area contributed by atoms with Gasteiger partial charge in [-0.1, -0.05) is 83.3 Å². The van der Waals surface area contributed by atoms with Crippen LogP contribution in [0.25, 0.3) is 0 Å². The molecule has 4 unspecified atom stereocenters. The van der Waals surface area contributed by atoms with Gasteiger partial charge in [0.05, 0.1) is 19.3 Å². The zero-order valence-corrected chi connectivity index (χ0v) is 16.4. The molecule has 5 heteroatoms. The third-order valence-electron chi connectivity index (χ3n) is 4.22. The van der Waals surface area contributed by atoms with Crippen LogP contribution in [0.4, 0.5) is 0 Å². The third kappa shape index (κ3) is 5.01. The lowest BCUT2D eigenvalue weighted by molar-refractivity contribution is -0.165. The maximum absolute atomic E-state index is 6.19. The molecule has 0 N–H and O–H groups in total. The highest BCUT2D eigenvalue weighted by Crippen LogP contribution is 2.30. The number of hydrogen-bond acceptors (Lipinski definition) is 4. The van der Waals surface area contributed by atoms with Gasteiger partial charge >= 0.3 is 0 Å². The van der Waals surface area contributed by atoms with Crippen molar-refractivity contribution in [1.82, 2.24) is 0 Å². The second-order valence-electron chi connectivity index (χ2n) is 5.96. The summed E-state index contributed by atoms with van der Waals surface area (Å²) in [7, 11) is 1.65. The minimum Gasteiger partial charge on any atom is -0.368 e. The summed E-state index contributed by atoms with van der Waals surface area (Å²) in [6.45, 7) is 1.04. The maximum atomic E-state index is 6.19. The summed E-state index contributed by atoms with van der Waals surface area (Å²) in [5.74, 6) is 0. The Morgan fingerprint density at radius 1 is 0.840 bits per heavy atom. The summed E-state index contributed by atoms with van der Waals surface area (Å²) >= 11 is 2.32. The molecule has 1 saturated heterocycles. The highest BCUT2D eigenvalue weighted by Gasteiger charge is 2.46. The van der Waals surface area contributed by atoms with Gasteiger partial charge in [-0.2, -0.15) is 0 Å². The quantitative estimate of drug-likeness (QED) is 0.447. The zero-order chi connectivity index (χ0) is 17.5. The van der Waals surface area contributed by atoms with Crippen molar-refractivity contribution in [3.05, 3.63) is 71.8 Å². The van der Waals surface area contributed by atoms with Crippen molar-refractivity contribution >= 4 is 22.6 Å². The number of ether oxygens (including phenoxy) is 4. The minimum atomic E-state index is -0.413. The summed E-state index contributed by atoms with van der Waals surface area (Å²) in [6.07, 6.45) is -0.876. The van der Waals surface area contributed by atoms with Crippen LogP contribution in [0, 0.1) is 0 Å². The van der Waals surface area contributed by atoms with Crippen LogP contribution >= 0.6 is 22.6 Å². The molecule has 2 aromatic carbocycles. The Balaban J connectivity index is 1.66. The Hall–Kier alpha value is -0.990. The van der Waals surface area contributed by atoms with Crippen molar-refractivity contribution in [2.24, 2.45) is 0 Å². The molecule has 0 aliphatic carbocycles. The maximum Gasteiger partial charge on any atom is 0.186 e. The van der Waals surface area contributed by atoms with Gasteiger partial charge in [0.2, 0.25) is 0 Å².